The second-order valence-corrected chi connectivity index (χ2v) is 11.7. The third-order valence-electron chi connectivity index (χ3n) is 7.54. The molecule has 3 aromatic rings. The number of aromatic nitrogens is 1. The molecule has 0 unspecified atom stereocenters. The van der Waals surface area contributed by atoms with Crippen LogP contribution in [0.2, 0.25) is 0 Å². The Hall–Kier alpha value is -2.86. The minimum atomic E-state index is 0.488. The van der Waals surface area contributed by atoms with Crippen molar-refractivity contribution in [3.05, 3.63) is 70.7 Å². The highest BCUT2D eigenvalue weighted by Gasteiger charge is 2.13. The van der Waals surface area contributed by atoms with Gasteiger partial charge in [0.25, 0.3) is 0 Å². The summed E-state index contributed by atoms with van der Waals surface area (Å²) >= 11 is 1.69. The summed E-state index contributed by atoms with van der Waals surface area (Å²) in [6, 6.07) is 14.8. The average molecular weight is 580 g/mol. The summed E-state index contributed by atoms with van der Waals surface area (Å²) in [4.78, 5) is 13.5. The van der Waals surface area contributed by atoms with Gasteiger partial charge < -0.3 is 19.2 Å². The zero-order valence-electron chi connectivity index (χ0n) is 25.4. The van der Waals surface area contributed by atoms with Gasteiger partial charge in [-0.05, 0) is 36.2 Å². The van der Waals surface area contributed by atoms with E-state index in [-0.39, 0.29) is 0 Å². The van der Waals surface area contributed by atoms with Gasteiger partial charge >= 0.3 is 0 Å². The van der Waals surface area contributed by atoms with E-state index in [4.69, 9.17) is 9.47 Å². The fraction of sp³-hybridized carbons (Fsp3) is 0.543. The number of rotatable bonds is 23. The lowest BCUT2D eigenvalue weighted by Gasteiger charge is -2.25. The molecule has 1 aromatic heterocycles. The molecule has 224 valence electrons. The van der Waals surface area contributed by atoms with Crippen LogP contribution >= 0.6 is 11.3 Å². The van der Waals surface area contributed by atoms with E-state index in [1.807, 2.05) is 6.07 Å². The van der Waals surface area contributed by atoms with Gasteiger partial charge in [0.1, 0.15) is 6.29 Å². The molecule has 0 fully saturated rings. The number of hydrogen-bond donors (Lipinski definition) is 0. The Kier molecular flexibility index (Phi) is 16.0. The number of hydrogen-bond acceptors (Lipinski definition) is 5. The Morgan fingerprint density at radius 2 is 1.59 bits per heavy atom. The Morgan fingerprint density at radius 1 is 0.854 bits per heavy atom. The topological polar surface area (TPSA) is 42.7 Å². The van der Waals surface area contributed by atoms with Gasteiger partial charge in [-0.25, -0.2) is 0 Å². The molecule has 0 atom stereocenters. The van der Waals surface area contributed by atoms with Gasteiger partial charge in [0.05, 0.1) is 19.1 Å². The number of anilines is 1. The van der Waals surface area contributed by atoms with Gasteiger partial charge in [-0.1, -0.05) is 107 Å². The van der Waals surface area contributed by atoms with Crippen molar-refractivity contribution in [1.82, 2.24) is 0 Å². The predicted molar refractivity (Wildman–Crippen MR) is 171 cm³/mol. The van der Waals surface area contributed by atoms with Crippen LogP contribution in [0.4, 0.5) is 5.69 Å². The molecule has 2 aromatic carbocycles. The van der Waals surface area contributed by atoms with E-state index in [0.29, 0.717) is 26.1 Å². The van der Waals surface area contributed by atoms with Crippen molar-refractivity contribution in [3.8, 4) is 11.5 Å². The summed E-state index contributed by atoms with van der Waals surface area (Å²) in [5.74, 6) is 1.56. The first kappa shape index (κ1) is 32.7. The molecule has 3 rings (SSSR count). The molecule has 0 radical (unpaired) electrons. The van der Waals surface area contributed by atoms with Gasteiger partial charge in [-0.2, -0.15) is 4.57 Å². The number of unbranched alkanes of at least 4 members (excludes halogenated alkanes) is 11. The van der Waals surface area contributed by atoms with Crippen LogP contribution < -0.4 is 18.9 Å². The van der Waals surface area contributed by atoms with Crippen molar-refractivity contribution in [2.45, 2.75) is 103 Å². The minimum Gasteiger partial charge on any atom is -0.493 e. The molecule has 0 spiro atoms. The molecule has 0 aliphatic carbocycles. The lowest BCUT2D eigenvalue weighted by atomic mass is 10.1. The average Bonchev–Trinajstić information content (AvgIpc) is 3.51. The standard InChI is InChI=1S/C35H51N2O3S/c1-3-4-5-6-7-8-9-10-11-12-13-14-24-40-35-27-32(19-20-34(35)39-2)29-37(21-16-23-38)33-18-15-17-31(26-33)28-36-22-25-41-30-36/h15,17-20,22-23,25-27,30H,3-14,16,21,24,28-29H2,1-2H3/q+1. The van der Waals surface area contributed by atoms with E-state index >= 15 is 0 Å². The fourth-order valence-electron chi connectivity index (χ4n) is 5.20. The van der Waals surface area contributed by atoms with Crippen LogP contribution in [-0.4, -0.2) is 26.5 Å². The molecular formula is C35H51N2O3S+. The van der Waals surface area contributed by atoms with Gasteiger partial charge in [0, 0.05) is 30.8 Å². The third kappa shape index (κ3) is 12.7. The molecule has 0 saturated carbocycles. The van der Waals surface area contributed by atoms with Crippen molar-refractivity contribution in [2.24, 2.45) is 0 Å². The molecule has 0 bridgehead atoms. The largest absolute Gasteiger partial charge is 0.493 e. The van der Waals surface area contributed by atoms with E-state index in [2.05, 4.69) is 69.9 Å². The van der Waals surface area contributed by atoms with Crippen molar-refractivity contribution in [1.29, 1.82) is 0 Å². The first-order valence-electron chi connectivity index (χ1n) is 15.7. The van der Waals surface area contributed by atoms with Crippen molar-refractivity contribution >= 4 is 23.3 Å². The molecule has 5 nitrogen and oxygen atoms in total. The van der Waals surface area contributed by atoms with Crippen molar-refractivity contribution in [2.75, 3.05) is 25.2 Å². The van der Waals surface area contributed by atoms with E-state index in [9.17, 15) is 4.79 Å². The van der Waals surface area contributed by atoms with Crippen LogP contribution in [0.5, 0.6) is 11.5 Å². The lowest BCUT2D eigenvalue weighted by molar-refractivity contribution is -0.683. The zero-order chi connectivity index (χ0) is 29.0. The Bertz CT molecular complexity index is 1100. The number of nitrogens with zero attached hydrogens (tertiary/aromatic N) is 2. The summed E-state index contributed by atoms with van der Waals surface area (Å²) in [5, 5.41) is 2.08. The van der Waals surface area contributed by atoms with Crippen LogP contribution in [0.15, 0.2) is 59.6 Å². The molecule has 0 aliphatic rings. The molecule has 0 saturated heterocycles. The minimum absolute atomic E-state index is 0.488. The number of carbonyl (C=O) groups excluding carboxylic acids is 1. The van der Waals surface area contributed by atoms with Crippen LogP contribution in [0.3, 0.4) is 0 Å². The van der Waals surface area contributed by atoms with Gasteiger partial charge in [0.15, 0.2) is 24.2 Å². The highest BCUT2D eigenvalue weighted by molar-refractivity contribution is 7.07. The van der Waals surface area contributed by atoms with E-state index in [1.54, 1.807) is 18.4 Å². The van der Waals surface area contributed by atoms with Crippen LogP contribution in [0.25, 0.3) is 0 Å². The predicted octanol–water partition coefficient (Wildman–Crippen LogP) is 8.77. The molecule has 0 N–H and O–H groups in total. The maximum absolute atomic E-state index is 11.2. The number of thiazole rings is 1. The summed E-state index contributed by atoms with van der Waals surface area (Å²) in [6.07, 6.45) is 19.5. The first-order chi connectivity index (χ1) is 20.2. The van der Waals surface area contributed by atoms with Gasteiger partial charge in [-0.3, -0.25) is 0 Å². The van der Waals surface area contributed by atoms with Crippen molar-refractivity contribution in [3.63, 3.8) is 0 Å². The van der Waals surface area contributed by atoms with Gasteiger partial charge in [0.2, 0.25) is 5.51 Å². The Balaban J connectivity index is 1.47. The van der Waals surface area contributed by atoms with E-state index < -0.39 is 0 Å². The number of ether oxygens (including phenoxy) is 2. The molecule has 0 aliphatic heterocycles. The smallest absolute Gasteiger partial charge is 0.224 e. The highest BCUT2D eigenvalue weighted by atomic mass is 32.1. The molecule has 1 heterocycles. The third-order valence-corrected chi connectivity index (χ3v) is 8.21. The van der Waals surface area contributed by atoms with E-state index in [0.717, 1.165) is 42.0 Å². The summed E-state index contributed by atoms with van der Waals surface area (Å²) in [6.45, 7) is 5.17. The Labute approximate surface area is 252 Å². The van der Waals surface area contributed by atoms with E-state index in [1.165, 1.54) is 76.2 Å². The molecule has 41 heavy (non-hydrogen) atoms. The Morgan fingerprint density at radius 3 is 2.24 bits per heavy atom. The first-order valence-corrected chi connectivity index (χ1v) is 16.7. The maximum atomic E-state index is 11.2. The number of benzene rings is 2. The number of methoxy groups -OCH3 is 1. The monoisotopic (exact) mass is 579 g/mol. The highest BCUT2D eigenvalue weighted by Crippen LogP contribution is 2.30. The fourth-order valence-corrected chi connectivity index (χ4v) is 5.80. The molecule has 6 heteroatoms. The summed E-state index contributed by atoms with van der Waals surface area (Å²) < 4.78 is 14.0. The summed E-state index contributed by atoms with van der Waals surface area (Å²) in [7, 11) is 1.69. The quantitative estimate of drug-likeness (QED) is 0.0640. The SMILES string of the molecule is CCCCCCCCCCCCCCOc1cc(CN(CCC=O)c2cccc(C[n+]3ccsc3)c2)ccc1OC. The summed E-state index contributed by atoms with van der Waals surface area (Å²) in [5.41, 5.74) is 5.62. The van der Waals surface area contributed by atoms with Gasteiger partial charge in [-0.15, -0.1) is 0 Å². The lowest BCUT2D eigenvalue weighted by Crippen LogP contribution is -2.30. The number of aldehydes is 1. The van der Waals surface area contributed by atoms with Crippen LogP contribution in [-0.2, 0) is 17.9 Å². The molecule has 0 amide bonds. The van der Waals surface area contributed by atoms with Crippen LogP contribution in [0, 0.1) is 0 Å². The number of carbonyl (C=O) groups is 1. The second kappa shape index (κ2) is 20.1. The normalized spacial score (nSPS) is 11.0. The van der Waals surface area contributed by atoms with Crippen molar-refractivity contribution < 1.29 is 18.8 Å². The zero-order valence-corrected chi connectivity index (χ0v) is 26.2. The second-order valence-electron chi connectivity index (χ2n) is 11.0. The van der Waals surface area contributed by atoms with Crippen LogP contribution in [0.1, 0.15) is 102 Å². The molecular weight excluding hydrogens is 528 g/mol. The maximum Gasteiger partial charge on any atom is 0.224 e.